The van der Waals surface area contributed by atoms with Crippen LogP contribution in [0.15, 0.2) is 48.8 Å². The Morgan fingerprint density at radius 1 is 1.22 bits per heavy atom. The van der Waals surface area contributed by atoms with Crippen LogP contribution < -0.4 is 4.90 Å². The molecular formula is C19H20N2O2. The molecule has 1 aromatic carbocycles. The first-order valence-corrected chi connectivity index (χ1v) is 8.25. The summed E-state index contributed by atoms with van der Waals surface area (Å²) in [5, 5.41) is 0. The monoisotopic (exact) mass is 308 g/mol. The van der Waals surface area contributed by atoms with E-state index in [2.05, 4.69) is 17.1 Å². The molecular weight excluding hydrogens is 288 g/mol. The number of benzene rings is 1. The van der Waals surface area contributed by atoms with E-state index in [9.17, 15) is 4.79 Å². The van der Waals surface area contributed by atoms with Crippen molar-refractivity contribution in [3.63, 3.8) is 0 Å². The molecule has 2 atom stereocenters. The Bertz CT molecular complexity index is 702. The highest BCUT2D eigenvalue weighted by Gasteiger charge is 2.37. The van der Waals surface area contributed by atoms with Gasteiger partial charge in [0.2, 0.25) is 5.91 Å². The molecule has 0 saturated carbocycles. The topological polar surface area (TPSA) is 42.4 Å². The largest absolute Gasteiger partial charge is 0.373 e. The van der Waals surface area contributed by atoms with Gasteiger partial charge in [0.25, 0.3) is 0 Å². The van der Waals surface area contributed by atoms with Crippen molar-refractivity contribution < 1.29 is 9.53 Å². The number of fused-ring (bicyclic) bond motifs is 1. The van der Waals surface area contributed by atoms with Crippen molar-refractivity contribution in [3.8, 4) is 0 Å². The lowest BCUT2D eigenvalue weighted by molar-refractivity contribution is -0.131. The third-order valence-corrected chi connectivity index (χ3v) is 4.81. The Labute approximate surface area is 136 Å². The first-order chi connectivity index (χ1) is 11.3. The molecule has 1 aromatic heterocycles. The normalized spacial score (nSPS) is 23.6. The smallest absolute Gasteiger partial charge is 0.233 e. The molecule has 3 heterocycles. The number of hydrogen-bond donors (Lipinski definition) is 0. The molecule has 4 heteroatoms. The van der Waals surface area contributed by atoms with Gasteiger partial charge >= 0.3 is 0 Å². The minimum Gasteiger partial charge on any atom is -0.373 e. The molecule has 0 radical (unpaired) electrons. The number of ether oxygens (including phenoxy) is 1. The van der Waals surface area contributed by atoms with Crippen LogP contribution in [-0.2, 0) is 16.0 Å². The summed E-state index contributed by atoms with van der Waals surface area (Å²) in [5.74, 6) is 0.0776. The van der Waals surface area contributed by atoms with Crippen molar-refractivity contribution in [3.05, 3.63) is 59.9 Å². The maximum absolute atomic E-state index is 13.2. The molecule has 0 unspecified atom stereocenters. The molecule has 4 rings (SSSR count). The molecule has 1 amide bonds. The van der Waals surface area contributed by atoms with E-state index in [4.69, 9.17) is 4.74 Å². The minimum absolute atomic E-state index is 0.106. The van der Waals surface area contributed by atoms with Crippen LogP contribution in [0.3, 0.4) is 0 Å². The fourth-order valence-electron chi connectivity index (χ4n) is 3.66. The van der Waals surface area contributed by atoms with Gasteiger partial charge in [-0.1, -0.05) is 30.3 Å². The van der Waals surface area contributed by atoms with Gasteiger partial charge in [0.05, 0.1) is 12.0 Å². The van der Waals surface area contributed by atoms with Gasteiger partial charge < -0.3 is 9.64 Å². The van der Waals surface area contributed by atoms with E-state index in [-0.39, 0.29) is 17.9 Å². The van der Waals surface area contributed by atoms with Crippen molar-refractivity contribution >= 4 is 11.6 Å². The van der Waals surface area contributed by atoms with E-state index in [0.717, 1.165) is 49.2 Å². The molecule has 4 nitrogen and oxygen atoms in total. The van der Waals surface area contributed by atoms with Gasteiger partial charge in [-0.2, -0.15) is 0 Å². The summed E-state index contributed by atoms with van der Waals surface area (Å²) in [7, 11) is 0. The molecule has 2 aromatic rings. The first kappa shape index (κ1) is 14.4. The number of hydrogen-bond acceptors (Lipinski definition) is 3. The van der Waals surface area contributed by atoms with Gasteiger partial charge in [-0.15, -0.1) is 0 Å². The minimum atomic E-state index is -0.136. The summed E-state index contributed by atoms with van der Waals surface area (Å²) < 4.78 is 5.99. The molecule has 0 aliphatic carbocycles. The summed E-state index contributed by atoms with van der Waals surface area (Å²) in [6.45, 7) is 1.47. The number of carbonyl (C=O) groups excluding carboxylic acids is 1. The summed E-state index contributed by atoms with van der Waals surface area (Å²) in [6, 6.07) is 12.1. The van der Waals surface area contributed by atoms with Crippen molar-refractivity contribution in [1.29, 1.82) is 0 Å². The number of carbonyl (C=O) groups is 1. The molecule has 0 bridgehead atoms. The maximum Gasteiger partial charge on any atom is 0.233 e. The van der Waals surface area contributed by atoms with E-state index in [0.29, 0.717) is 0 Å². The third kappa shape index (κ3) is 2.63. The molecule has 0 N–H and O–H groups in total. The number of rotatable bonds is 2. The summed E-state index contributed by atoms with van der Waals surface area (Å²) in [5.41, 5.74) is 3.27. The first-order valence-electron chi connectivity index (χ1n) is 8.25. The van der Waals surface area contributed by atoms with Crippen LogP contribution in [0.4, 0.5) is 5.69 Å². The summed E-state index contributed by atoms with van der Waals surface area (Å²) >= 11 is 0. The second-order valence-electron chi connectivity index (χ2n) is 6.20. The van der Waals surface area contributed by atoms with Gasteiger partial charge in [0.15, 0.2) is 0 Å². The fraction of sp³-hybridized carbons (Fsp3) is 0.368. The number of amides is 1. The lowest BCUT2D eigenvalue weighted by Crippen LogP contribution is -2.40. The van der Waals surface area contributed by atoms with Gasteiger partial charge in [-0.05, 0) is 36.5 Å². The van der Waals surface area contributed by atoms with Gasteiger partial charge in [-0.3, -0.25) is 9.78 Å². The third-order valence-electron chi connectivity index (χ3n) is 4.81. The quantitative estimate of drug-likeness (QED) is 0.856. The van der Waals surface area contributed by atoms with Gasteiger partial charge in [-0.25, -0.2) is 0 Å². The lowest BCUT2D eigenvalue weighted by atomic mass is 9.88. The summed E-state index contributed by atoms with van der Waals surface area (Å²) in [6.07, 6.45) is 6.21. The predicted molar refractivity (Wildman–Crippen MR) is 88.2 cm³/mol. The van der Waals surface area contributed by atoms with Crippen LogP contribution in [0, 0.1) is 5.92 Å². The van der Waals surface area contributed by atoms with Crippen LogP contribution in [0.1, 0.15) is 30.1 Å². The van der Waals surface area contributed by atoms with Gasteiger partial charge in [0.1, 0.15) is 0 Å². The fourth-order valence-corrected chi connectivity index (χ4v) is 3.66. The van der Waals surface area contributed by atoms with Crippen LogP contribution in [-0.4, -0.2) is 24.0 Å². The average molecular weight is 308 g/mol. The lowest BCUT2D eigenvalue weighted by Gasteiger charge is -2.34. The highest BCUT2D eigenvalue weighted by Crippen LogP contribution is 2.37. The van der Waals surface area contributed by atoms with Crippen molar-refractivity contribution in [2.45, 2.75) is 25.4 Å². The van der Waals surface area contributed by atoms with E-state index in [1.54, 1.807) is 6.20 Å². The summed E-state index contributed by atoms with van der Waals surface area (Å²) in [4.78, 5) is 19.3. The standard InChI is InChI=1S/C19H20N2O2/c22-19(21-11-9-15-13-20-10-8-17(15)21)16-7-4-12-23-18(16)14-5-2-1-3-6-14/h1-3,5-6,8,10,13,16,18H,4,7,9,11-12H2/t16-,18-/m0/s1. The Morgan fingerprint density at radius 2 is 2.09 bits per heavy atom. The predicted octanol–water partition coefficient (Wildman–Crippen LogP) is 3.14. The van der Waals surface area contributed by atoms with Crippen molar-refractivity contribution in [1.82, 2.24) is 4.98 Å². The van der Waals surface area contributed by atoms with Crippen molar-refractivity contribution in [2.24, 2.45) is 5.92 Å². The van der Waals surface area contributed by atoms with Crippen LogP contribution >= 0.6 is 0 Å². The Balaban J connectivity index is 1.62. The second kappa shape index (κ2) is 6.13. The molecule has 1 saturated heterocycles. The molecule has 2 aliphatic rings. The molecule has 1 fully saturated rings. The van der Waals surface area contributed by atoms with E-state index >= 15 is 0 Å². The van der Waals surface area contributed by atoms with E-state index in [1.165, 1.54) is 0 Å². The zero-order chi connectivity index (χ0) is 15.6. The van der Waals surface area contributed by atoms with Gasteiger partial charge in [0, 0.05) is 31.2 Å². The maximum atomic E-state index is 13.2. The number of aromatic nitrogens is 1. The van der Waals surface area contributed by atoms with Crippen LogP contribution in [0.5, 0.6) is 0 Å². The van der Waals surface area contributed by atoms with E-state index in [1.807, 2.05) is 35.4 Å². The molecule has 118 valence electrons. The molecule has 0 spiro atoms. The molecule has 23 heavy (non-hydrogen) atoms. The Hall–Kier alpha value is -2.20. The second-order valence-corrected chi connectivity index (χ2v) is 6.20. The Kier molecular flexibility index (Phi) is 3.83. The number of nitrogens with zero attached hydrogens (tertiary/aromatic N) is 2. The highest BCUT2D eigenvalue weighted by molar-refractivity contribution is 5.97. The highest BCUT2D eigenvalue weighted by atomic mass is 16.5. The average Bonchev–Trinajstić information content (AvgIpc) is 3.06. The zero-order valence-electron chi connectivity index (χ0n) is 13.0. The Morgan fingerprint density at radius 3 is 2.96 bits per heavy atom. The van der Waals surface area contributed by atoms with Crippen LogP contribution in [0.25, 0.3) is 0 Å². The number of pyridine rings is 1. The van der Waals surface area contributed by atoms with Crippen LogP contribution in [0.2, 0.25) is 0 Å². The SMILES string of the molecule is O=C([C@H]1CCCO[C@H]1c1ccccc1)N1CCc2cnccc21. The molecule has 2 aliphatic heterocycles. The van der Waals surface area contributed by atoms with Crippen molar-refractivity contribution in [2.75, 3.05) is 18.1 Å². The van der Waals surface area contributed by atoms with E-state index < -0.39 is 0 Å². The zero-order valence-corrected chi connectivity index (χ0v) is 13.0. The number of anilines is 1.